The first-order valence-corrected chi connectivity index (χ1v) is 12.3. The molecule has 1 aromatic carbocycles. The number of hydrogen-bond acceptors (Lipinski definition) is 6. The summed E-state index contributed by atoms with van der Waals surface area (Å²) >= 11 is 0. The van der Waals surface area contributed by atoms with Gasteiger partial charge in [-0.05, 0) is 55.5 Å². The van der Waals surface area contributed by atoms with Crippen molar-refractivity contribution < 1.29 is 23.5 Å². The van der Waals surface area contributed by atoms with Crippen molar-refractivity contribution in [3.63, 3.8) is 0 Å². The fraction of sp³-hybridized carbons (Fsp3) is 0.520. The fourth-order valence-corrected chi connectivity index (χ4v) is 5.78. The van der Waals surface area contributed by atoms with Gasteiger partial charge in [-0.15, -0.1) is 0 Å². The first kappa shape index (κ1) is 22.4. The van der Waals surface area contributed by atoms with Crippen molar-refractivity contribution in [1.82, 2.24) is 24.7 Å². The third-order valence-corrected chi connectivity index (χ3v) is 7.67. The van der Waals surface area contributed by atoms with E-state index in [9.17, 15) is 14.4 Å². The number of nitrogens with zero attached hydrogens (tertiary/aromatic N) is 4. The van der Waals surface area contributed by atoms with Crippen LogP contribution in [0.2, 0.25) is 0 Å². The van der Waals surface area contributed by atoms with Crippen molar-refractivity contribution in [3.05, 3.63) is 52.4 Å². The highest BCUT2D eigenvalue weighted by molar-refractivity contribution is 6.05. The zero-order chi connectivity index (χ0) is 24.1. The monoisotopic (exact) mass is 481 g/mol. The smallest absolute Gasteiger partial charge is 0.255 e. The van der Waals surface area contributed by atoms with Gasteiger partial charge in [0.25, 0.3) is 5.91 Å². The number of carbonyl (C=O) groups is 3. The molecule has 2 aromatic rings. The minimum absolute atomic E-state index is 0.0832. The molecule has 1 atom stereocenters. The van der Waals surface area contributed by atoms with Gasteiger partial charge in [0.1, 0.15) is 24.3 Å². The summed E-state index contributed by atoms with van der Waals surface area (Å²) in [6, 6.07) is 2.46. The molecule has 9 nitrogen and oxygen atoms in total. The molecule has 2 saturated heterocycles. The number of rotatable bonds is 4. The number of fused-ring (bicyclic) bond motifs is 2. The van der Waals surface area contributed by atoms with Crippen molar-refractivity contribution in [3.8, 4) is 0 Å². The summed E-state index contributed by atoms with van der Waals surface area (Å²) in [6.07, 6.45) is 4.26. The Morgan fingerprint density at radius 2 is 1.94 bits per heavy atom. The minimum Gasteiger partial charge on any atom is -0.372 e. The molecular weight excluding hydrogens is 453 g/mol. The molecule has 0 saturated carbocycles. The van der Waals surface area contributed by atoms with Crippen LogP contribution in [0.1, 0.15) is 64.6 Å². The lowest BCUT2D eigenvalue weighted by atomic mass is 9.87. The standard InChI is InChI=1S/C25H28FN5O4/c26-20-10-19-16(11-31(25(19)34)21-1-2-23(32)28-24(21)33)9-18(20)15-3-5-29(6-4-15)12-17-13-30-7-8-35-14-22(30)27-17/h9-10,13,15,21H,1-8,11-12,14H2,(H,28,32,33). The molecule has 0 radical (unpaired) electrons. The summed E-state index contributed by atoms with van der Waals surface area (Å²) in [5.74, 6) is -0.425. The summed E-state index contributed by atoms with van der Waals surface area (Å²) in [7, 11) is 0. The molecule has 184 valence electrons. The quantitative estimate of drug-likeness (QED) is 0.668. The van der Waals surface area contributed by atoms with Gasteiger partial charge in [-0.3, -0.25) is 24.6 Å². The number of likely N-dealkylation sites (tertiary alicyclic amines) is 1. The van der Waals surface area contributed by atoms with Crippen molar-refractivity contribution in [2.24, 2.45) is 0 Å². The maximum Gasteiger partial charge on any atom is 0.255 e. The molecule has 0 aliphatic carbocycles. The highest BCUT2D eigenvalue weighted by Gasteiger charge is 2.40. The molecule has 3 amide bonds. The number of halogens is 1. The first-order valence-electron chi connectivity index (χ1n) is 12.3. The number of aromatic nitrogens is 2. The van der Waals surface area contributed by atoms with E-state index in [0.717, 1.165) is 62.7 Å². The average Bonchev–Trinajstić information content (AvgIpc) is 3.39. The SMILES string of the molecule is O=C1CCC(N2Cc3cc(C4CCN(Cc5cn6c(n5)COCC6)CC4)c(F)cc3C2=O)C(=O)N1. The molecule has 0 bridgehead atoms. The van der Waals surface area contributed by atoms with Gasteiger partial charge >= 0.3 is 0 Å². The van der Waals surface area contributed by atoms with Gasteiger partial charge in [0.05, 0.1) is 12.3 Å². The van der Waals surface area contributed by atoms with Crippen LogP contribution in [0.25, 0.3) is 0 Å². The molecule has 4 aliphatic heterocycles. The summed E-state index contributed by atoms with van der Waals surface area (Å²) in [4.78, 5) is 45.2. The molecule has 4 aliphatic rings. The summed E-state index contributed by atoms with van der Waals surface area (Å²) in [6.45, 7) is 4.85. The largest absolute Gasteiger partial charge is 0.372 e. The Balaban J connectivity index is 1.12. The van der Waals surface area contributed by atoms with Gasteiger partial charge in [-0.2, -0.15) is 0 Å². The summed E-state index contributed by atoms with van der Waals surface area (Å²) in [5.41, 5.74) is 2.76. The van der Waals surface area contributed by atoms with E-state index >= 15 is 4.39 Å². The van der Waals surface area contributed by atoms with Crippen LogP contribution in [0.4, 0.5) is 4.39 Å². The van der Waals surface area contributed by atoms with Gasteiger partial charge in [0.15, 0.2) is 0 Å². The number of imide groups is 1. The third-order valence-electron chi connectivity index (χ3n) is 7.67. The molecule has 10 heteroatoms. The Morgan fingerprint density at radius 1 is 1.11 bits per heavy atom. The maximum atomic E-state index is 15.1. The van der Waals surface area contributed by atoms with Crippen molar-refractivity contribution in [1.29, 1.82) is 0 Å². The second kappa shape index (κ2) is 8.83. The van der Waals surface area contributed by atoms with Gasteiger partial charge in [0, 0.05) is 37.8 Å². The van der Waals surface area contributed by atoms with E-state index in [1.165, 1.54) is 11.0 Å². The van der Waals surface area contributed by atoms with Gasteiger partial charge in [-0.1, -0.05) is 6.07 Å². The lowest BCUT2D eigenvalue weighted by Gasteiger charge is -2.32. The summed E-state index contributed by atoms with van der Waals surface area (Å²) < 4.78 is 22.8. The molecule has 5 heterocycles. The van der Waals surface area contributed by atoms with Crippen LogP contribution < -0.4 is 5.32 Å². The van der Waals surface area contributed by atoms with E-state index in [2.05, 4.69) is 21.0 Å². The highest BCUT2D eigenvalue weighted by atomic mass is 19.1. The molecule has 1 unspecified atom stereocenters. The Morgan fingerprint density at radius 3 is 2.71 bits per heavy atom. The van der Waals surface area contributed by atoms with Crippen LogP contribution in [-0.2, 0) is 40.6 Å². The number of piperidine rings is 2. The van der Waals surface area contributed by atoms with Crippen LogP contribution in [-0.4, -0.2) is 62.8 Å². The Kier molecular flexibility index (Phi) is 5.64. The Bertz CT molecular complexity index is 1180. The first-order chi connectivity index (χ1) is 17.0. The topological polar surface area (TPSA) is 96.8 Å². The summed E-state index contributed by atoms with van der Waals surface area (Å²) in [5, 5.41) is 2.30. The third kappa shape index (κ3) is 4.14. The van der Waals surface area contributed by atoms with Crippen molar-refractivity contribution in [2.75, 3.05) is 19.7 Å². The van der Waals surface area contributed by atoms with E-state index in [1.807, 2.05) is 6.07 Å². The fourth-order valence-electron chi connectivity index (χ4n) is 5.78. The molecule has 0 spiro atoms. The lowest BCUT2D eigenvalue weighted by Crippen LogP contribution is -2.52. The maximum absolute atomic E-state index is 15.1. The van der Waals surface area contributed by atoms with E-state index in [1.54, 1.807) is 0 Å². The second-order valence-corrected chi connectivity index (χ2v) is 9.88. The molecule has 2 fully saturated rings. The number of carbonyl (C=O) groups excluding carboxylic acids is 3. The molecule has 35 heavy (non-hydrogen) atoms. The van der Waals surface area contributed by atoms with Crippen LogP contribution in [0.5, 0.6) is 0 Å². The van der Waals surface area contributed by atoms with Gasteiger partial charge < -0.3 is 14.2 Å². The predicted octanol–water partition coefficient (Wildman–Crippen LogP) is 1.69. The van der Waals surface area contributed by atoms with Crippen LogP contribution in [0, 0.1) is 5.82 Å². The van der Waals surface area contributed by atoms with Crippen LogP contribution in [0.15, 0.2) is 18.3 Å². The molecule has 1 aromatic heterocycles. The van der Waals surface area contributed by atoms with E-state index in [-0.39, 0.29) is 36.5 Å². The molecule has 6 rings (SSSR count). The number of imidazole rings is 1. The Labute approximate surface area is 202 Å². The van der Waals surface area contributed by atoms with Crippen molar-refractivity contribution in [2.45, 2.75) is 63.9 Å². The van der Waals surface area contributed by atoms with E-state index in [4.69, 9.17) is 9.72 Å². The minimum atomic E-state index is -0.692. The lowest BCUT2D eigenvalue weighted by molar-refractivity contribution is -0.136. The van der Waals surface area contributed by atoms with E-state index in [0.29, 0.717) is 24.2 Å². The van der Waals surface area contributed by atoms with Gasteiger partial charge in [-0.25, -0.2) is 9.37 Å². The van der Waals surface area contributed by atoms with Crippen LogP contribution in [0.3, 0.4) is 0 Å². The number of hydrogen-bond donors (Lipinski definition) is 1. The molecule has 1 N–H and O–H groups in total. The number of ether oxygens (including phenoxy) is 1. The highest BCUT2D eigenvalue weighted by Crippen LogP contribution is 2.35. The number of benzene rings is 1. The van der Waals surface area contributed by atoms with Crippen LogP contribution >= 0.6 is 0 Å². The number of amides is 3. The number of nitrogens with one attached hydrogen (secondary N) is 1. The zero-order valence-electron chi connectivity index (χ0n) is 19.5. The predicted molar refractivity (Wildman–Crippen MR) is 122 cm³/mol. The van der Waals surface area contributed by atoms with E-state index < -0.39 is 11.9 Å². The Hall–Kier alpha value is -3.11. The van der Waals surface area contributed by atoms with Gasteiger partial charge in [0.2, 0.25) is 11.8 Å². The zero-order valence-corrected chi connectivity index (χ0v) is 19.5. The second-order valence-electron chi connectivity index (χ2n) is 9.88. The van der Waals surface area contributed by atoms with Crippen molar-refractivity contribution >= 4 is 17.7 Å². The molecular formula is C25H28FN5O4. The average molecular weight is 482 g/mol. The normalized spacial score (nSPS) is 23.4.